The van der Waals surface area contributed by atoms with Crippen molar-refractivity contribution in [1.82, 2.24) is 4.90 Å². The van der Waals surface area contributed by atoms with Crippen LogP contribution in [0.2, 0.25) is 0 Å². The molecule has 3 rings (SSSR count). The van der Waals surface area contributed by atoms with Crippen LogP contribution in [0, 0.1) is 9.39 Å². The highest BCUT2D eigenvalue weighted by Gasteiger charge is 2.36. The Morgan fingerprint density at radius 3 is 2.67 bits per heavy atom. The number of halogens is 2. The van der Waals surface area contributed by atoms with E-state index in [1.54, 1.807) is 18.2 Å². The molecule has 1 fully saturated rings. The lowest BCUT2D eigenvalue weighted by molar-refractivity contribution is -0.127. The average molecular weight is 542 g/mol. The minimum Gasteiger partial charge on any atom is -0.493 e. The summed E-state index contributed by atoms with van der Waals surface area (Å²) >= 11 is 2.82. The van der Waals surface area contributed by atoms with Crippen LogP contribution in [0.3, 0.4) is 0 Å². The first kappa shape index (κ1) is 22.1. The van der Waals surface area contributed by atoms with Crippen molar-refractivity contribution in [1.29, 1.82) is 0 Å². The van der Waals surface area contributed by atoms with Gasteiger partial charge in [-0.1, -0.05) is 6.07 Å². The first-order valence-electron chi connectivity index (χ1n) is 8.54. The number of rotatable bonds is 6. The predicted octanol–water partition coefficient (Wildman–Crippen LogP) is 4.12. The minimum atomic E-state index is -0.607. The number of methoxy groups -OCH3 is 2. The van der Waals surface area contributed by atoms with Crippen molar-refractivity contribution < 1.29 is 28.2 Å². The first-order chi connectivity index (χ1) is 14.3. The fourth-order valence-electron chi connectivity index (χ4n) is 2.72. The Bertz CT molecular complexity index is 1060. The zero-order chi connectivity index (χ0) is 21.8. The quantitative estimate of drug-likeness (QED) is 0.437. The molecule has 1 saturated heterocycles. The third-order valence-corrected chi connectivity index (χ3v) is 5.75. The Hall–Kier alpha value is -2.60. The highest BCUT2D eigenvalue weighted by atomic mass is 127. The van der Waals surface area contributed by atoms with E-state index in [4.69, 9.17) is 9.47 Å². The molecule has 156 valence electrons. The Morgan fingerprint density at radius 1 is 1.23 bits per heavy atom. The third kappa shape index (κ3) is 4.93. The van der Waals surface area contributed by atoms with Crippen LogP contribution in [-0.2, 0) is 9.59 Å². The van der Waals surface area contributed by atoms with Gasteiger partial charge in [-0.2, -0.15) is 0 Å². The lowest BCUT2D eigenvalue weighted by Gasteiger charge is -2.12. The lowest BCUT2D eigenvalue weighted by Crippen LogP contribution is -2.36. The summed E-state index contributed by atoms with van der Waals surface area (Å²) < 4.78 is 24.6. The maximum Gasteiger partial charge on any atom is 0.294 e. The van der Waals surface area contributed by atoms with Crippen LogP contribution in [0.15, 0.2) is 41.3 Å². The Balaban J connectivity index is 1.76. The van der Waals surface area contributed by atoms with Crippen molar-refractivity contribution in [3.63, 3.8) is 0 Å². The number of hydrogen-bond donors (Lipinski definition) is 1. The second-order valence-electron chi connectivity index (χ2n) is 6.06. The number of anilines is 1. The number of benzene rings is 2. The van der Waals surface area contributed by atoms with E-state index >= 15 is 0 Å². The van der Waals surface area contributed by atoms with E-state index in [0.717, 1.165) is 26.3 Å². The van der Waals surface area contributed by atoms with Gasteiger partial charge in [-0.3, -0.25) is 19.3 Å². The van der Waals surface area contributed by atoms with Gasteiger partial charge in [0.1, 0.15) is 12.4 Å². The van der Waals surface area contributed by atoms with Gasteiger partial charge in [0.05, 0.1) is 22.7 Å². The molecule has 0 aromatic heterocycles. The number of carbonyl (C=O) groups is 3. The molecule has 0 bridgehead atoms. The van der Waals surface area contributed by atoms with Gasteiger partial charge in [0.2, 0.25) is 5.91 Å². The number of imide groups is 1. The van der Waals surface area contributed by atoms with Crippen molar-refractivity contribution in [2.75, 3.05) is 26.1 Å². The third-order valence-electron chi connectivity index (χ3n) is 4.04. The number of ether oxygens (including phenoxy) is 2. The molecule has 1 N–H and O–H groups in total. The highest BCUT2D eigenvalue weighted by Crippen LogP contribution is 2.37. The smallest absolute Gasteiger partial charge is 0.294 e. The average Bonchev–Trinajstić information content (AvgIpc) is 2.94. The Morgan fingerprint density at radius 2 is 2.00 bits per heavy atom. The van der Waals surface area contributed by atoms with Gasteiger partial charge >= 0.3 is 0 Å². The SMILES string of the molecule is COc1cc(/C=C2/SC(=O)N(CC(=O)Nc3cccc(F)c3)C2=O)cc(I)c1OC. The van der Waals surface area contributed by atoms with E-state index in [9.17, 15) is 18.8 Å². The summed E-state index contributed by atoms with van der Waals surface area (Å²) in [6.45, 7) is -0.470. The number of nitrogens with zero attached hydrogens (tertiary/aromatic N) is 1. The van der Waals surface area contributed by atoms with Crippen molar-refractivity contribution in [3.8, 4) is 11.5 Å². The van der Waals surface area contributed by atoms with Gasteiger partial charge in [-0.25, -0.2) is 4.39 Å². The molecule has 0 saturated carbocycles. The topological polar surface area (TPSA) is 84.9 Å². The van der Waals surface area contributed by atoms with Crippen LogP contribution in [0.1, 0.15) is 5.56 Å². The van der Waals surface area contributed by atoms with Crippen molar-refractivity contribution in [2.24, 2.45) is 0 Å². The molecule has 3 amide bonds. The molecule has 1 aliphatic rings. The molecule has 0 aliphatic carbocycles. The Kier molecular flexibility index (Phi) is 6.98. The second kappa shape index (κ2) is 9.47. The van der Waals surface area contributed by atoms with E-state index < -0.39 is 29.4 Å². The summed E-state index contributed by atoms with van der Waals surface area (Å²) in [5.41, 5.74) is 0.883. The molecule has 30 heavy (non-hydrogen) atoms. The molecular formula is C20H16FIN2O5S. The molecule has 1 heterocycles. The number of carbonyl (C=O) groups excluding carboxylic acids is 3. The summed E-state index contributed by atoms with van der Waals surface area (Å²) in [6, 6.07) is 8.81. The van der Waals surface area contributed by atoms with Gasteiger partial charge < -0.3 is 14.8 Å². The van der Waals surface area contributed by atoms with Gasteiger partial charge in [-0.05, 0) is 76.3 Å². The molecule has 0 atom stereocenters. The second-order valence-corrected chi connectivity index (χ2v) is 8.22. The van der Waals surface area contributed by atoms with Crippen LogP contribution < -0.4 is 14.8 Å². The van der Waals surface area contributed by atoms with Gasteiger partial charge in [0.15, 0.2) is 11.5 Å². The van der Waals surface area contributed by atoms with Crippen molar-refractivity contribution >= 4 is 63.2 Å². The molecule has 0 spiro atoms. The van der Waals surface area contributed by atoms with Crippen LogP contribution in [-0.4, -0.2) is 42.7 Å². The van der Waals surface area contributed by atoms with Crippen LogP contribution in [0.25, 0.3) is 6.08 Å². The molecule has 10 heteroatoms. The largest absolute Gasteiger partial charge is 0.493 e. The summed E-state index contributed by atoms with van der Waals surface area (Å²) in [5, 5.41) is 1.91. The zero-order valence-electron chi connectivity index (χ0n) is 15.9. The molecule has 0 radical (unpaired) electrons. The molecule has 0 unspecified atom stereocenters. The van der Waals surface area contributed by atoms with E-state index in [-0.39, 0.29) is 10.6 Å². The van der Waals surface area contributed by atoms with Crippen molar-refractivity contribution in [2.45, 2.75) is 0 Å². The molecule has 2 aromatic carbocycles. The lowest BCUT2D eigenvalue weighted by atomic mass is 10.2. The fourth-order valence-corrected chi connectivity index (χ4v) is 4.40. The van der Waals surface area contributed by atoms with E-state index in [1.165, 1.54) is 32.4 Å². The van der Waals surface area contributed by atoms with E-state index in [0.29, 0.717) is 17.1 Å². The minimum absolute atomic E-state index is 0.182. The maximum atomic E-state index is 13.2. The normalized spacial score (nSPS) is 14.9. The molecule has 1 aliphatic heterocycles. The highest BCUT2D eigenvalue weighted by molar-refractivity contribution is 14.1. The molecular weight excluding hydrogens is 526 g/mol. The standard InChI is InChI=1S/C20H16FIN2O5S/c1-28-15-7-11(6-14(22)18(15)29-2)8-16-19(26)24(20(27)30-16)10-17(25)23-13-5-3-4-12(21)9-13/h3-9H,10H2,1-2H3,(H,23,25)/b16-8+. The fraction of sp³-hybridized carbons (Fsp3) is 0.150. The van der Waals surface area contributed by atoms with Crippen LogP contribution >= 0.6 is 34.4 Å². The van der Waals surface area contributed by atoms with Gasteiger partial charge in [0, 0.05) is 5.69 Å². The number of nitrogens with one attached hydrogen (secondary N) is 1. The number of thioether (sulfide) groups is 1. The van der Waals surface area contributed by atoms with E-state index in [2.05, 4.69) is 27.9 Å². The van der Waals surface area contributed by atoms with Crippen LogP contribution in [0.4, 0.5) is 14.9 Å². The van der Waals surface area contributed by atoms with Gasteiger partial charge in [-0.15, -0.1) is 0 Å². The summed E-state index contributed by atoms with van der Waals surface area (Å²) in [6.07, 6.45) is 1.56. The molecule has 7 nitrogen and oxygen atoms in total. The number of hydrogen-bond acceptors (Lipinski definition) is 6. The number of amides is 3. The predicted molar refractivity (Wildman–Crippen MR) is 120 cm³/mol. The van der Waals surface area contributed by atoms with Crippen molar-refractivity contribution in [3.05, 3.63) is 56.3 Å². The summed E-state index contributed by atoms with van der Waals surface area (Å²) in [7, 11) is 3.03. The maximum absolute atomic E-state index is 13.2. The first-order valence-corrected chi connectivity index (χ1v) is 10.4. The summed E-state index contributed by atoms with van der Waals surface area (Å²) in [5.74, 6) is -0.637. The molecule has 2 aromatic rings. The summed E-state index contributed by atoms with van der Waals surface area (Å²) in [4.78, 5) is 38.1. The van der Waals surface area contributed by atoms with Gasteiger partial charge in [0.25, 0.3) is 11.1 Å². The van der Waals surface area contributed by atoms with E-state index in [1.807, 2.05) is 0 Å². The zero-order valence-corrected chi connectivity index (χ0v) is 18.9. The Labute approximate surface area is 189 Å². The monoisotopic (exact) mass is 542 g/mol. The van der Waals surface area contributed by atoms with Crippen LogP contribution in [0.5, 0.6) is 11.5 Å².